The van der Waals surface area contributed by atoms with Crippen molar-refractivity contribution in [1.82, 2.24) is 14.2 Å². The van der Waals surface area contributed by atoms with E-state index in [0.29, 0.717) is 13.1 Å². The Kier molecular flexibility index (Phi) is 4.98. The molecule has 1 aliphatic rings. The van der Waals surface area contributed by atoms with Gasteiger partial charge in [-0.05, 0) is 25.0 Å². The molecule has 148 valence electrons. The predicted molar refractivity (Wildman–Crippen MR) is 107 cm³/mol. The summed E-state index contributed by atoms with van der Waals surface area (Å²) >= 11 is 1.67. The van der Waals surface area contributed by atoms with Gasteiger partial charge in [0.15, 0.2) is 0 Å². The molecule has 1 fully saturated rings. The molecule has 3 heterocycles. The molecule has 9 heteroatoms. The third-order valence-electron chi connectivity index (χ3n) is 4.93. The molecule has 1 aromatic carbocycles. The van der Waals surface area contributed by atoms with Crippen LogP contribution in [0.5, 0.6) is 0 Å². The molecule has 0 saturated carbocycles. The number of rotatable bonds is 4. The maximum atomic E-state index is 12.9. The highest BCUT2D eigenvalue weighted by Crippen LogP contribution is 2.33. The first kappa shape index (κ1) is 19.1. The van der Waals surface area contributed by atoms with E-state index in [9.17, 15) is 13.2 Å². The molecule has 1 aliphatic heterocycles. The van der Waals surface area contributed by atoms with Crippen LogP contribution in [0, 0.1) is 0 Å². The highest BCUT2D eigenvalue weighted by atomic mass is 32.2. The number of likely N-dealkylation sites (tertiary alicyclic amines) is 1. The zero-order valence-corrected chi connectivity index (χ0v) is 17.3. The van der Waals surface area contributed by atoms with E-state index in [4.69, 9.17) is 9.40 Å². The Morgan fingerprint density at radius 2 is 2.11 bits per heavy atom. The van der Waals surface area contributed by atoms with E-state index in [1.54, 1.807) is 16.2 Å². The summed E-state index contributed by atoms with van der Waals surface area (Å²) in [5.74, 6) is -0.0262. The number of benzene rings is 1. The summed E-state index contributed by atoms with van der Waals surface area (Å²) in [5.41, 5.74) is 1.24. The summed E-state index contributed by atoms with van der Waals surface area (Å²) < 4.78 is 31.7. The van der Waals surface area contributed by atoms with Crippen molar-refractivity contribution in [3.05, 3.63) is 47.2 Å². The fraction of sp³-hybridized carbons (Fsp3) is 0.368. The topological polar surface area (TPSA) is 83.7 Å². The summed E-state index contributed by atoms with van der Waals surface area (Å²) in [5, 5.41) is 0.822. The monoisotopic (exact) mass is 419 g/mol. The Balaban J connectivity index is 1.53. The van der Waals surface area contributed by atoms with Crippen molar-refractivity contribution < 1.29 is 17.6 Å². The van der Waals surface area contributed by atoms with E-state index < -0.39 is 10.0 Å². The average Bonchev–Trinajstić information content (AvgIpc) is 3.35. The van der Waals surface area contributed by atoms with E-state index in [0.717, 1.165) is 32.4 Å². The number of nitrogens with zero attached hydrogens (tertiary/aromatic N) is 3. The quantitative estimate of drug-likeness (QED) is 0.649. The SMILES string of the molecule is CN(C)S(=O)(=O)c1cc(C(=O)N2CCCC(c3nc4ccccc4s3)C2)co1. The van der Waals surface area contributed by atoms with Gasteiger partial charge in [0.25, 0.3) is 15.9 Å². The molecule has 1 atom stereocenters. The average molecular weight is 420 g/mol. The van der Waals surface area contributed by atoms with Crippen LogP contribution in [0.25, 0.3) is 10.2 Å². The van der Waals surface area contributed by atoms with Gasteiger partial charge < -0.3 is 9.32 Å². The van der Waals surface area contributed by atoms with Crippen LogP contribution in [0.2, 0.25) is 0 Å². The number of piperidine rings is 1. The van der Waals surface area contributed by atoms with Crippen molar-refractivity contribution in [2.24, 2.45) is 0 Å². The fourth-order valence-corrected chi connectivity index (χ4v) is 5.25. The Morgan fingerprint density at radius 3 is 2.86 bits per heavy atom. The fourth-order valence-electron chi connectivity index (χ4n) is 3.35. The van der Waals surface area contributed by atoms with Crippen molar-refractivity contribution in [1.29, 1.82) is 0 Å². The highest BCUT2D eigenvalue weighted by Gasteiger charge is 2.30. The second-order valence-electron chi connectivity index (χ2n) is 7.05. The molecule has 1 unspecified atom stereocenters. The molecule has 0 radical (unpaired) electrons. The molecular weight excluding hydrogens is 398 g/mol. The second-order valence-corrected chi connectivity index (χ2v) is 10.2. The van der Waals surface area contributed by atoms with Gasteiger partial charge in [0.05, 0.1) is 20.8 Å². The van der Waals surface area contributed by atoms with Crippen molar-refractivity contribution in [3.63, 3.8) is 0 Å². The van der Waals surface area contributed by atoms with Crippen LogP contribution in [0.1, 0.15) is 34.1 Å². The first-order valence-electron chi connectivity index (χ1n) is 9.02. The van der Waals surface area contributed by atoms with Gasteiger partial charge in [0, 0.05) is 39.2 Å². The lowest BCUT2D eigenvalue weighted by Crippen LogP contribution is -2.39. The number of sulfonamides is 1. The number of amides is 1. The predicted octanol–water partition coefficient (Wildman–Crippen LogP) is 3.16. The summed E-state index contributed by atoms with van der Waals surface area (Å²) in [6.07, 6.45) is 3.09. The van der Waals surface area contributed by atoms with Gasteiger partial charge in [-0.25, -0.2) is 17.7 Å². The second kappa shape index (κ2) is 7.31. The lowest BCUT2D eigenvalue weighted by atomic mass is 9.98. The molecule has 0 N–H and O–H groups in total. The van der Waals surface area contributed by atoms with Crippen LogP contribution in [0.3, 0.4) is 0 Å². The number of thiazole rings is 1. The molecule has 0 spiro atoms. The van der Waals surface area contributed by atoms with E-state index in [1.165, 1.54) is 26.4 Å². The minimum absolute atomic E-state index is 0.187. The Bertz CT molecular complexity index is 1080. The third-order valence-corrected chi connectivity index (χ3v) is 7.81. The van der Waals surface area contributed by atoms with Crippen molar-refractivity contribution in [2.45, 2.75) is 23.9 Å². The lowest BCUT2D eigenvalue weighted by Gasteiger charge is -2.31. The van der Waals surface area contributed by atoms with Crippen molar-refractivity contribution in [2.75, 3.05) is 27.2 Å². The van der Waals surface area contributed by atoms with Gasteiger partial charge in [0.1, 0.15) is 6.26 Å². The first-order valence-corrected chi connectivity index (χ1v) is 11.3. The van der Waals surface area contributed by atoms with Crippen LogP contribution in [-0.2, 0) is 10.0 Å². The molecule has 4 rings (SSSR count). The number of hydrogen-bond acceptors (Lipinski definition) is 6. The third kappa shape index (κ3) is 3.45. The van der Waals surface area contributed by atoms with Gasteiger partial charge in [0.2, 0.25) is 5.09 Å². The van der Waals surface area contributed by atoms with E-state index >= 15 is 0 Å². The molecule has 28 heavy (non-hydrogen) atoms. The minimum atomic E-state index is -3.70. The largest absolute Gasteiger partial charge is 0.451 e. The summed E-state index contributed by atoms with van der Waals surface area (Å²) in [4.78, 5) is 19.4. The maximum absolute atomic E-state index is 12.9. The summed E-state index contributed by atoms with van der Waals surface area (Å²) in [6, 6.07) is 9.33. The van der Waals surface area contributed by atoms with Crippen LogP contribution in [0.15, 0.2) is 46.1 Å². The van der Waals surface area contributed by atoms with E-state index in [-0.39, 0.29) is 22.5 Å². The zero-order chi connectivity index (χ0) is 19.9. The van der Waals surface area contributed by atoms with Crippen molar-refractivity contribution in [3.8, 4) is 0 Å². The van der Waals surface area contributed by atoms with Crippen molar-refractivity contribution >= 4 is 37.5 Å². The Hall–Kier alpha value is -2.23. The number of furan rings is 1. The molecule has 7 nitrogen and oxygen atoms in total. The molecular formula is C19H21N3O4S2. The number of carbonyl (C=O) groups excluding carboxylic acids is 1. The Morgan fingerprint density at radius 1 is 1.32 bits per heavy atom. The number of para-hydroxylation sites is 1. The lowest BCUT2D eigenvalue weighted by molar-refractivity contribution is 0.0706. The van der Waals surface area contributed by atoms with Gasteiger partial charge in [-0.15, -0.1) is 11.3 Å². The smallest absolute Gasteiger partial charge is 0.275 e. The minimum Gasteiger partial charge on any atom is -0.451 e. The maximum Gasteiger partial charge on any atom is 0.275 e. The van der Waals surface area contributed by atoms with Gasteiger partial charge in [-0.1, -0.05) is 12.1 Å². The zero-order valence-electron chi connectivity index (χ0n) is 15.7. The normalized spacial score (nSPS) is 18.1. The highest BCUT2D eigenvalue weighted by molar-refractivity contribution is 7.88. The van der Waals surface area contributed by atoms with Crippen LogP contribution >= 0.6 is 11.3 Å². The molecule has 1 saturated heterocycles. The number of carbonyl (C=O) groups is 1. The number of hydrogen-bond donors (Lipinski definition) is 0. The van der Waals surface area contributed by atoms with E-state index in [1.807, 2.05) is 18.2 Å². The van der Waals surface area contributed by atoms with Crippen LogP contribution in [0.4, 0.5) is 0 Å². The molecule has 0 aliphatic carbocycles. The van der Waals surface area contributed by atoms with Crippen LogP contribution in [-0.4, -0.2) is 55.7 Å². The molecule has 2 aromatic heterocycles. The molecule has 1 amide bonds. The molecule has 0 bridgehead atoms. The molecule has 3 aromatic rings. The van der Waals surface area contributed by atoms with Gasteiger partial charge in [-0.3, -0.25) is 4.79 Å². The summed E-state index contributed by atoms with van der Waals surface area (Å²) in [7, 11) is -0.855. The first-order chi connectivity index (χ1) is 13.4. The van der Waals surface area contributed by atoms with Crippen LogP contribution < -0.4 is 0 Å². The van der Waals surface area contributed by atoms with E-state index in [2.05, 4.69) is 6.07 Å². The number of aromatic nitrogens is 1. The van der Waals surface area contributed by atoms with Gasteiger partial charge in [-0.2, -0.15) is 0 Å². The summed E-state index contributed by atoms with van der Waals surface area (Å²) in [6.45, 7) is 1.21. The van der Waals surface area contributed by atoms with Gasteiger partial charge >= 0.3 is 0 Å². The Labute approximate surface area is 167 Å². The standard InChI is InChI=1S/C19H21N3O4S2/c1-21(2)28(24,25)17-10-14(12-26-17)19(23)22-9-5-6-13(11-22)18-20-15-7-3-4-8-16(15)27-18/h3-4,7-8,10,12-13H,5-6,9,11H2,1-2H3. The number of fused-ring (bicyclic) bond motifs is 1.